The largest absolute Gasteiger partial charge is 0.508 e. The second-order valence-corrected chi connectivity index (χ2v) is 4.96. The Bertz CT molecular complexity index is 364. The zero-order valence-corrected chi connectivity index (χ0v) is 9.37. The van der Waals surface area contributed by atoms with Gasteiger partial charge in [-0.3, -0.25) is 0 Å². The van der Waals surface area contributed by atoms with Gasteiger partial charge in [0, 0.05) is 18.1 Å². The van der Waals surface area contributed by atoms with Crippen LogP contribution in [0.5, 0.6) is 5.75 Å². The van der Waals surface area contributed by atoms with Crippen LogP contribution in [0.25, 0.3) is 0 Å². The Morgan fingerprint density at radius 1 is 1.25 bits per heavy atom. The Morgan fingerprint density at radius 2 is 2.00 bits per heavy atom. The number of phenols is 1. The SMILES string of the molecule is Oc1ccc(C2(NC3CCNC3)CC2)cc1. The molecule has 1 heterocycles. The fourth-order valence-corrected chi connectivity index (χ4v) is 2.59. The Morgan fingerprint density at radius 3 is 2.56 bits per heavy atom. The molecule has 16 heavy (non-hydrogen) atoms. The van der Waals surface area contributed by atoms with E-state index in [2.05, 4.69) is 10.6 Å². The van der Waals surface area contributed by atoms with E-state index in [0.717, 1.165) is 13.1 Å². The van der Waals surface area contributed by atoms with Crippen molar-refractivity contribution in [2.45, 2.75) is 30.8 Å². The van der Waals surface area contributed by atoms with Crippen molar-refractivity contribution in [3.8, 4) is 5.75 Å². The third-order valence-corrected chi connectivity index (χ3v) is 3.71. The molecule has 0 bridgehead atoms. The van der Waals surface area contributed by atoms with Crippen molar-refractivity contribution in [1.82, 2.24) is 10.6 Å². The molecule has 1 aliphatic heterocycles. The van der Waals surface area contributed by atoms with Crippen molar-refractivity contribution in [3.63, 3.8) is 0 Å². The predicted octanol–water partition coefficient (Wildman–Crippen LogP) is 1.33. The van der Waals surface area contributed by atoms with Gasteiger partial charge in [-0.2, -0.15) is 0 Å². The lowest BCUT2D eigenvalue weighted by Gasteiger charge is -2.22. The molecule has 1 atom stereocenters. The molecule has 86 valence electrons. The van der Waals surface area contributed by atoms with E-state index >= 15 is 0 Å². The van der Waals surface area contributed by atoms with Gasteiger partial charge >= 0.3 is 0 Å². The Kier molecular flexibility index (Phi) is 2.37. The fraction of sp³-hybridized carbons (Fsp3) is 0.538. The summed E-state index contributed by atoms with van der Waals surface area (Å²) in [5.41, 5.74) is 1.52. The van der Waals surface area contributed by atoms with Crippen molar-refractivity contribution in [2.75, 3.05) is 13.1 Å². The maximum absolute atomic E-state index is 9.30. The summed E-state index contributed by atoms with van der Waals surface area (Å²) in [7, 11) is 0. The summed E-state index contributed by atoms with van der Waals surface area (Å²) >= 11 is 0. The molecule has 3 nitrogen and oxygen atoms in total. The third kappa shape index (κ3) is 1.81. The summed E-state index contributed by atoms with van der Waals surface area (Å²) in [5.74, 6) is 0.349. The maximum atomic E-state index is 9.30. The molecule has 3 N–H and O–H groups in total. The summed E-state index contributed by atoms with van der Waals surface area (Å²) < 4.78 is 0. The molecule has 3 rings (SSSR count). The molecular formula is C13H18N2O. The van der Waals surface area contributed by atoms with Crippen LogP contribution in [-0.4, -0.2) is 24.2 Å². The van der Waals surface area contributed by atoms with Crippen LogP contribution in [0.4, 0.5) is 0 Å². The molecule has 1 saturated heterocycles. The van der Waals surface area contributed by atoms with Crippen LogP contribution in [0.3, 0.4) is 0 Å². The van der Waals surface area contributed by atoms with E-state index in [9.17, 15) is 5.11 Å². The van der Waals surface area contributed by atoms with Crippen LogP contribution < -0.4 is 10.6 Å². The molecule has 1 aromatic carbocycles. The van der Waals surface area contributed by atoms with Gasteiger partial charge in [-0.05, 0) is 43.5 Å². The normalized spacial score (nSPS) is 26.9. The Balaban J connectivity index is 1.74. The molecule has 0 radical (unpaired) electrons. The summed E-state index contributed by atoms with van der Waals surface area (Å²) in [4.78, 5) is 0. The minimum absolute atomic E-state index is 0.199. The minimum atomic E-state index is 0.199. The summed E-state index contributed by atoms with van der Waals surface area (Å²) in [5, 5.41) is 16.4. The molecule has 1 unspecified atom stereocenters. The highest BCUT2D eigenvalue weighted by molar-refractivity contribution is 5.34. The van der Waals surface area contributed by atoms with Crippen LogP contribution in [-0.2, 0) is 5.54 Å². The average Bonchev–Trinajstić information content (AvgIpc) is 2.88. The van der Waals surface area contributed by atoms with Gasteiger partial charge < -0.3 is 15.7 Å². The lowest BCUT2D eigenvalue weighted by atomic mass is 10.0. The van der Waals surface area contributed by atoms with E-state index in [1.807, 2.05) is 12.1 Å². The maximum Gasteiger partial charge on any atom is 0.115 e. The highest BCUT2D eigenvalue weighted by Gasteiger charge is 2.45. The molecule has 3 heteroatoms. The van der Waals surface area contributed by atoms with Gasteiger partial charge in [0.2, 0.25) is 0 Å². The number of benzene rings is 1. The van der Waals surface area contributed by atoms with Crippen LogP contribution in [0.15, 0.2) is 24.3 Å². The quantitative estimate of drug-likeness (QED) is 0.717. The first kappa shape index (κ1) is 10.1. The number of hydrogen-bond donors (Lipinski definition) is 3. The standard InChI is InChI=1S/C13H18N2O/c16-12-3-1-10(2-4-12)13(6-7-13)15-11-5-8-14-9-11/h1-4,11,14-16H,5-9H2. The van der Waals surface area contributed by atoms with Gasteiger partial charge in [-0.15, -0.1) is 0 Å². The topological polar surface area (TPSA) is 44.3 Å². The molecule has 2 fully saturated rings. The molecule has 0 aromatic heterocycles. The highest BCUT2D eigenvalue weighted by atomic mass is 16.3. The summed E-state index contributed by atoms with van der Waals surface area (Å²) in [6.45, 7) is 2.21. The Labute approximate surface area is 95.9 Å². The molecule has 1 aliphatic carbocycles. The van der Waals surface area contributed by atoms with E-state index in [1.54, 1.807) is 12.1 Å². The number of hydrogen-bond acceptors (Lipinski definition) is 3. The van der Waals surface area contributed by atoms with Crippen molar-refractivity contribution >= 4 is 0 Å². The number of nitrogens with one attached hydrogen (secondary N) is 2. The van der Waals surface area contributed by atoms with E-state index in [-0.39, 0.29) is 5.54 Å². The fourth-order valence-electron chi connectivity index (χ4n) is 2.59. The number of phenolic OH excluding ortho intramolecular Hbond substituents is 1. The van der Waals surface area contributed by atoms with Crippen LogP contribution in [0.2, 0.25) is 0 Å². The van der Waals surface area contributed by atoms with Crippen molar-refractivity contribution in [2.24, 2.45) is 0 Å². The first-order valence-corrected chi connectivity index (χ1v) is 6.06. The lowest BCUT2D eigenvalue weighted by Crippen LogP contribution is -2.39. The predicted molar refractivity (Wildman–Crippen MR) is 63.4 cm³/mol. The van der Waals surface area contributed by atoms with Gasteiger partial charge in [-0.25, -0.2) is 0 Å². The monoisotopic (exact) mass is 218 g/mol. The minimum Gasteiger partial charge on any atom is -0.508 e. The molecule has 0 amide bonds. The van der Waals surface area contributed by atoms with E-state index in [4.69, 9.17) is 0 Å². The second-order valence-electron chi connectivity index (χ2n) is 4.96. The zero-order valence-electron chi connectivity index (χ0n) is 9.37. The van der Waals surface area contributed by atoms with E-state index in [1.165, 1.54) is 24.8 Å². The number of rotatable bonds is 3. The Hall–Kier alpha value is -1.06. The smallest absolute Gasteiger partial charge is 0.115 e. The average molecular weight is 218 g/mol. The first-order valence-electron chi connectivity index (χ1n) is 6.06. The molecular weight excluding hydrogens is 200 g/mol. The molecule has 1 saturated carbocycles. The third-order valence-electron chi connectivity index (χ3n) is 3.71. The summed E-state index contributed by atoms with van der Waals surface area (Å²) in [6, 6.07) is 8.25. The van der Waals surface area contributed by atoms with Crippen molar-refractivity contribution in [1.29, 1.82) is 0 Å². The van der Waals surface area contributed by atoms with Crippen LogP contribution in [0, 0.1) is 0 Å². The van der Waals surface area contributed by atoms with Gasteiger partial charge in [-0.1, -0.05) is 12.1 Å². The molecule has 1 aromatic rings. The van der Waals surface area contributed by atoms with Crippen LogP contribution >= 0.6 is 0 Å². The molecule has 2 aliphatic rings. The molecule has 0 spiro atoms. The van der Waals surface area contributed by atoms with Crippen LogP contribution in [0.1, 0.15) is 24.8 Å². The first-order chi connectivity index (χ1) is 7.78. The van der Waals surface area contributed by atoms with Crippen molar-refractivity contribution in [3.05, 3.63) is 29.8 Å². The van der Waals surface area contributed by atoms with Crippen molar-refractivity contribution < 1.29 is 5.11 Å². The number of aromatic hydroxyl groups is 1. The lowest BCUT2D eigenvalue weighted by molar-refractivity contribution is 0.437. The van der Waals surface area contributed by atoms with Gasteiger partial charge in [0.15, 0.2) is 0 Å². The van der Waals surface area contributed by atoms with E-state index < -0.39 is 0 Å². The van der Waals surface area contributed by atoms with Gasteiger partial charge in [0.05, 0.1) is 0 Å². The highest BCUT2D eigenvalue weighted by Crippen LogP contribution is 2.46. The zero-order chi connectivity index (χ0) is 11.0. The van der Waals surface area contributed by atoms with E-state index in [0.29, 0.717) is 11.8 Å². The second kappa shape index (κ2) is 3.75. The van der Waals surface area contributed by atoms with Gasteiger partial charge in [0.25, 0.3) is 0 Å². The summed E-state index contributed by atoms with van der Waals surface area (Å²) in [6.07, 6.45) is 3.66. The van der Waals surface area contributed by atoms with Gasteiger partial charge in [0.1, 0.15) is 5.75 Å².